The molecule has 1 rings (SSSR count). The van der Waals surface area contributed by atoms with Crippen molar-refractivity contribution in [1.82, 2.24) is 10.2 Å². The first kappa shape index (κ1) is 12.0. The van der Waals surface area contributed by atoms with Gasteiger partial charge in [0.1, 0.15) is 0 Å². The number of rotatable bonds is 3. The number of nitrogens with zero attached hydrogens (tertiary/aromatic N) is 1. The van der Waals surface area contributed by atoms with Crippen LogP contribution < -0.4 is 5.32 Å². The van der Waals surface area contributed by atoms with E-state index in [1.165, 1.54) is 32.5 Å². The lowest BCUT2D eigenvalue weighted by Gasteiger charge is -2.41. The topological polar surface area (TPSA) is 15.3 Å². The van der Waals surface area contributed by atoms with Gasteiger partial charge in [-0.3, -0.25) is 4.90 Å². The minimum absolute atomic E-state index is 0.364. The maximum atomic E-state index is 3.45. The van der Waals surface area contributed by atoms with E-state index in [0.717, 1.165) is 12.5 Å². The fraction of sp³-hybridized carbons (Fsp3) is 1.00. The number of hydrogen-bond acceptors (Lipinski definition) is 2. The van der Waals surface area contributed by atoms with Gasteiger partial charge in [0.25, 0.3) is 0 Å². The van der Waals surface area contributed by atoms with Crippen molar-refractivity contribution >= 4 is 0 Å². The van der Waals surface area contributed by atoms with Gasteiger partial charge in [-0.15, -0.1) is 0 Å². The molecule has 2 nitrogen and oxygen atoms in total. The molecule has 0 atom stereocenters. The van der Waals surface area contributed by atoms with Gasteiger partial charge in [-0.05, 0) is 65.7 Å². The first-order valence-electron chi connectivity index (χ1n) is 6.00. The fourth-order valence-corrected chi connectivity index (χ4v) is 2.16. The van der Waals surface area contributed by atoms with Crippen LogP contribution in [-0.4, -0.2) is 36.6 Å². The second-order valence-corrected chi connectivity index (χ2v) is 5.41. The molecule has 0 aromatic carbocycles. The molecule has 2 heteroatoms. The highest BCUT2D eigenvalue weighted by atomic mass is 15.2. The molecule has 0 radical (unpaired) electrons. The molecule has 0 spiro atoms. The van der Waals surface area contributed by atoms with E-state index in [9.17, 15) is 0 Å². The second-order valence-electron chi connectivity index (χ2n) is 5.41. The summed E-state index contributed by atoms with van der Waals surface area (Å²) < 4.78 is 0. The largest absolute Gasteiger partial charge is 0.317 e. The Morgan fingerprint density at radius 2 is 1.79 bits per heavy atom. The van der Waals surface area contributed by atoms with E-state index in [-0.39, 0.29) is 0 Å². The maximum Gasteiger partial charge on any atom is 0.0125 e. The lowest BCUT2D eigenvalue weighted by atomic mass is 9.93. The third-order valence-electron chi connectivity index (χ3n) is 3.25. The Morgan fingerprint density at radius 3 is 2.21 bits per heavy atom. The molecule has 1 aliphatic heterocycles. The molecule has 0 aromatic rings. The highest BCUT2D eigenvalue weighted by molar-refractivity contribution is 4.82. The van der Waals surface area contributed by atoms with Gasteiger partial charge in [0, 0.05) is 5.54 Å². The molecule has 1 N–H and O–H groups in total. The fourth-order valence-electron chi connectivity index (χ4n) is 2.16. The van der Waals surface area contributed by atoms with Gasteiger partial charge >= 0.3 is 0 Å². The SMILES string of the molecule is CCNCC1CCN(C(C)(C)C)CC1. The van der Waals surface area contributed by atoms with Crippen LogP contribution in [0.25, 0.3) is 0 Å². The van der Waals surface area contributed by atoms with Crippen molar-refractivity contribution in [3.8, 4) is 0 Å². The van der Waals surface area contributed by atoms with Crippen LogP contribution in [0.1, 0.15) is 40.5 Å². The van der Waals surface area contributed by atoms with Gasteiger partial charge in [0.05, 0.1) is 0 Å². The van der Waals surface area contributed by atoms with Crippen LogP contribution in [0.4, 0.5) is 0 Å². The van der Waals surface area contributed by atoms with Crippen molar-refractivity contribution in [3.05, 3.63) is 0 Å². The lowest BCUT2D eigenvalue weighted by Crippen LogP contribution is -2.47. The summed E-state index contributed by atoms with van der Waals surface area (Å²) in [6.07, 6.45) is 2.73. The second kappa shape index (κ2) is 5.13. The first-order chi connectivity index (χ1) is 6.54. The summed E-state index contributed by atoms with van der Waals surface area (Å²) in [5.41, 5.74) is 0.364. The van der Waals surface area contributed by atoms with Crippen molar-refractivity contribution in [1.29, 1.82) is 0 Å². The Kier molecular flexibility index (Phi) is 4.39. The summed E-state index contributed by atoms with van der Waals surface area (Å²) >= 11 is 0. The minimum atomic E-state index is 0.364. The Morgan fingerprint density at radius 1 is 1.21 bits per heavy atom. The van der Waals surface area contributed by atoms with E-state index in [1.807, 2.05) is 0 Å². The van der Waals surface area contributed by atoms with Crippen LogP contribution in [0.5, 0.6) is 0 Å². The van der Waals surface area contributed by atoms with Gasteiger partial charge in [-0.1, -0.05) is 6.92 Å². The summed E-state index contributed by atoms with van der Waals surface area (Å²) in [4.78, 5) is 2.61. The van der Waals surface area contributed by atoms with Crippen molar-refractivity contribution in [2.75, 3.05) is 26.2 Å². The molecule has 0 aliphatic carbocycles. The summed E-state index contributed by atoms with van der Waals surface area (Å²) in [5, 5.41) is 3.45. The molecule has 14 heavy (non-hydrogen) atoms. The Bertz CT molecular complexity index is 152. The number of likely N-dealkylation sites (tertiary alicyclic amines) is 1. The zero-order valence-electron chi connectivity index (χ0n) is 10.3. The van der Waals surface area contributed by atoms with Gasteiger partial charge in [0.2, 0.25) is 0 Å². The zero-order valence-corrected chi connectivity index (χ0v) is 10.3. The predicted octanol–water partition coefficient (Wildman–Crippen LogP) is 2.11. The third-order valence-corrected chi connectivity index (χ3v) is 3.25. The van der Waals surface area contributed by atoms with Crippen LogP contribution in [0, 0.1) is 5.92 Å². The lowest BCUT2D eigenvalue weighted by molar-refractivity contribution is 0.0874. The predicted molar refractivity (Wildman–Crippen MR) is 62.6 cm³/mol. The molecule has 1 saturated heterocycles. The molecule has 0 aromatic heterocycles. The molecule has 0 unspecified atom stereocenters. The minimum Gasteiger partial charge on any atom is -0.317 e. The van der Waals surface area contributed by atoms with Gasteiger partial charge in [0.15, 0.2) is 0 Å². The average Bonchev–Trinajstić information content (AvgIpc) is 2.14. The Hall–Kier alpha value is -0.0800. The van der Waals surface area contributed by atoms with Gasteiger partial charge in [-0.2, -0.15) is 0 Å². The highest BCUT2D eigenvalue weighted by Crippen LogP contribution is 2.23. The standard InChI is InChI=1S/C12H26N2/c1-5-13-10-11-6-8-14(9-7-11)12(2,3)4/h11,13H,5-10H2,1-4H3. The maximum absolute atomic E-state index is 3.45. The molecule has 1 heterocycles. The molecule has 0 bridgehead atoms. The summed E-state index contributed by atoms with van der Waals surface area (Å²) in [6, 6.07) is 0. The van der Waals surface area contributed by atoms with E-state index in [4.69, 9.17) is 0 Å². The van der Waals surface area contributed by atoms with Crippen LogP contribution >= 0.6 is 0 Å². The van der Waals surface area contributed by atoms with Crippen molar-refractivity contribution in [2.45, 2.75) is 46.1 Å². The van der Waals surface area contributed by atoms with E-state index in [2.05, 4.69) is 37.9 Å². The highest BCUT2D eigenvalue weighted by Gasteiger charge is 2.26. The normalized spacial score (nSPS) is 21.4. The van der Waals surface area contributed by atoms with Gasteiger partial charge in [-0.25, -0.2) is 0 Å². The zero-order chi connectivity index (χ0) is 10.6. The number of piperidine rings is 1. The van der Waals surface area contributed by atoms with Crippen LogP contribution in [0.3, 0.4) is 0 Å². The molecule has 0 amide bonds. The van der Waals surface area contributed by atoms with Gasteiger partial charge < -0.3 is 5.32 Å². The smallest absolute Gasteiger partial charge is 0.0125 e. The van der Waals surface area contributed by atoms with Crippen LogP contribution in [0.15, 0.2) is 0 Å². The van der Waals surface area contributed by atoms with E-state index >= 15 is 0 Å². The quantitative estimate of drug-likeness (QED) is 0.747. The first-order valence-corrected chi connectivity index (χ1v) is 6.00. The number of hydrogen-bond donors (Lipinski definition) is 1. The van der Waals surface area contributed by atoms with E-state index in [0.29, 0.717) is 5.54 Å². The summed E-state index contributed by atoms with van der Waals surface area (Å²) in [7, 11) is 0. The van der Waals surface area contributed by atoms with Crippen LogP contribution in [-0.2, 0) is 0 Å². The molecule has 1 aliphatic rings. The molecular weight excluding hydrogens is 172 g/mol. The average molecular weight is 198 g/mol. The Labute approximate surface area is 89.1 Å². The van der Waals surface area contributed by atoms with Crippen molar-refractivity contribution in [3.63, 3.8) is 0 Å². The third kappa shape index (κ3) is 3.58. The van der Waals surface area contributed by atoms with Crippen molar-refractivity contribution in [2.24, 2.45) is 5.92 Å². The summed E-state index contributed by atoms with van der Waals surface area (Å²) in [6.45, 7) is 14.0. The molecule has 0 saturated carbocycles. The monoisotopic (exact) mass is 198 g/mol. The van der Waals surface area contributed by atoms with E-state index < -0.39 is 0 Å². The van der Waals surface area contributed by atoms with E-state index in [1.54, 1.807) is 0 Å². The molecule has 1 fully saturated rings. The van der Waals surface area contributed by atoms with Crippen LogP contribution in [0.2, 0.25) is 0 Å². The molecule has 84 valence electrons. The summed E-state index contributed by atoms with van der Waals surface area (Å²) in [5.74, 6) is 0.911. The van der Waals surface area contributed by atoms with Crippen molar-refractivity contribution < 1.29 is 0 Å². The number of nitrogens with one attached hydrogen (secondary N) is 1. The Balaban J connectivity index is 2.24. The molecular formula is C12H26N2.